The molecule has 1 fully saturated rings. The zero-order chi connectivity index (χ0) is 12.0. The minimum absolute atomic E-state index is 0.394. The lowest BCUT2D eigenvalue weighted by Gasteiger charge is -2.32. The summed E-state index contributed by atoms with van der Waals surface area (Å²) < 4.78 is 11.6. The number of rotatable bonds is 2. The average molecular weight is 223 g/mol. The molecule has 1 aromatic rings. The second-order valence-corrected chi connectivity index (χ2v) is 4.86. The van der Waals surface area contributed by atoms with Crippen molar-refractivity contribution >= 4 is 12.6 Å². The minimum atomic E-state index is -0.500. The van der Waals surface area contributed by atoms with Gasteiger partial charge in [0, 0.05) is 5.46 Å². The summed E-state index contributed by atoms with van der Waals surface area (Å²) in [4.78, 5) is 11.2. The van der Waals surface area contributed by atoms with E-state index in [0.717, 1.165) is 4.79 Å². The highest BCUT2D eigenvalue weighted by molar-refractivity contribution is 6.61. The van der Waals surface area contributed by atoms with Crippen molar-refractivity contribution in [3.8, 4) is 0 Å². The third-order valence-corrected chi connectivity index (χ3v) is 3.20. The Labute approximate surface area is 94.0 Å². The molecule has 0 atom stereocenters. The van der Waals surface area contributed by atoms with Gasteiger partial charge >= 0.3 is 7.12 Å². The van der Waals surface area contributed by atoms with Crippen molar-refractivity contribution in [3.05, 3.63) is 17.3 Å². The molecule has 2 rings (SSSR count). The summed E-state index contributed by atoms with van der Waals surface area (Å²) in [6, 6.07) is 0. The van der Waals surface area contributed by atoms with Gasteiger partial charge in [-0.3, -0.25) is 0 Å². The summed E-state index contributed by atoms with van der Waals surface area (Å²) >= 11 is 0. The molecule has 1 aliphatic rings. The summed E-state index contributed by atoms with van der Waals surface area (Å²) in [6.45, 7) is 7.87. The van der Waals surface area contributed by atoms with Crippen molar-refractivity contribution in [1.29, 1.82) is 0 Å². The number of nitrogens with zero attached hydrogens (tertiary/aromatic N) is 3. The molecule has 16 heavy (non-hydrogen) atoms. The van der Waals surface area contributed by atoms with Crippen LogP contribution in [0, 0.1) is 4.91 Å². The largest absolute Gasteiger partial charge is 0.498 e. The Bertz CT molecular complexity index is 400. The molecule has 0 N–H and O–H groups in total. The third kappa shape index (κ3) is 1.66. The highest BCUT2D eigenvalue weighted by atomic mass is 16.7. The maximum Gasteiger partial charge on any atom is 0.498 e. The Morgan fingerprint density at radius 1 is 1.31 bits per heavy atom. The van der Waals surface area contributed by atoms with E-state index in [1.165, 1.54) is 12.4 Å². The quantitative estimate of drug-likeness (QED) is 0.547. The highest BCUT2D eigenvalue weighted by Gasteiger charge is 2.52. The second kappa shape index (κ2) is 3.39. The van der Waals surface area contributed by atoms with Gasteiger partial charge < -0.3 is 9.31 Å². The average Bonchev–Trinajstić information content (AvgIpc) is 2.70. The molecular formula is C9H14BN3O3. The molecule has 2 heterocycles. The fourth-order valence-electron chi connectivity index (χ4n) is 1.47. The second-order valence-electron chi connectivity index (χ2n) is 4.86. The van der Waals surface area contributed by atoms with Crippen molar-refractivity contribution in [2.24, 2.45) is 5.29 Å². The Balaban J connectivity index is 2.23. The van der Waals surface area contributed by atoms with E-state index in [0.29, 0.717) is 5.46 Å². The molecular weight excluding hydrogens is 209 g/mol. The van der Waals surface area contributed by atoms with E-state index in [2.05, 4.69) is 10.4 Å². The van der Waals surface area contributed by atoms with Gasteiger partial charge in [-0.25, -0.2) is 0 Å². The fraction of sp³-hybridized carbons (Fsp3) is 0.667. The van der Waals surface area contributed by atoms with Crippen molar-refractivity contribution in [2.75, 3.05) is 0 Å². The van der Waals surface area contributed by atoms with Crippen molar-refractivity contribution in [3.63, 3.8) is 0 Å². The van der Waals surface area contributed by atoms with Gasteiger partial charge in [-0.15, -0.1) is 9.70 Å². The maximum atomic E-state index is 10.3. The van der Waals surface area contributed by atoms with Crippen molar-refractivity contribution < 1.29 is 9.31 Å². The molecule has 86 valence electrons. The third-order valence-electron chi connectivity index (χ3n) is 3.20. The summed E-state index contributed by atoms with van der Waals surface area (Å²) in [7, 11) is -0.500. The van der Waals surface area contributed by atoms with Gasteiger partial charge in [0.05, 0.1) is 28.9 Å². The van der Waals surface area contributed by atoms with Crippen molar-refractivity contribution in [2.45, 2.75) is 38.9 Å². The van der Waals surface area contributed by atoms with Crippen LogP contribution >= 0.6 is 0 Å². The molecule has 0 aromatic carbocycles. The molecule has 0 bridgehead atoms. The smallest absolute Gasteiger partial charge is 0.399 e. The van der Waals surface area contributed by atoms with Gasteiger partial charge in [0.1, 0.15) is 0 Å². The van der Waals surface area contributed by atoms with E-state index in [9.17, 15) is 4.91 Å². The number of hydrogen-bond acceptors (Lipinski definition) is 5. The zero-order valence-corrected chi connectivity index (χ0v) is 9.80. The van der Waals surface area contributed by atoms with Crippen LogP contribution in [0.3, 0.4) is 0 Å². The van der Waals surface area contributed by atoms with Gasteiger partial charge in [0.15, 0.2) is 0 Å². The van der Waals surface area contributed by atoms with E-state index in [-0.39, 0.29) is 0 Å². The first-order chi connectivity index (χ1) is 7.36. The highest BCUT2D eigenvalue weighted by Crippen LogP contribution is 2.36. The molecule has 1 aliphatic heterocycles. The zero-order valence-electron chi connectivity index (χ0n) is 9.80. The number of aromatic nitrogens is 2. The molecule has 0 unspecified atom stereocenters. The van der Waals surface area contributed by atoms with E-state index in [1.807, 2.05) is 27.7 Å². The van der Waals surface area contributed by atoms with E-state index in [4.69, 9.17) is 9.31 Å². The van der Waals surface area contributed by atoms with E-state index < -0.39 is 18.3 Å². The topological polar surface area (TPSA) is 65.7 Å². The van der Waals surface area contributed by atoms with Gasteiger partial charge in [0.2, 0.25) is 0 Å². The first-order valence-corrected chi connectivity index (χ1v) is 5.09. The van der Waals surface area contributed by atoms with Crippen LogP contribution in [0.5, 0.6) is 0 Å². The Morgan fingerprint density at radius 3 is 2.31 bits per heavy atom. The Hall–Kier alpha value is -1.21. The van der Waals surface area contributed by atoms with Crippen LogP contribution in [0.1, 0.15) is 27.7 Å². The summed E-state index contributed by atoms with van der Waals surface area (Å²) in [5.74, 6) is 0. The van der Waals surface area contributed by atoms with Crippen LogP contribution in [0.2, 0.25) is 0 Å². The molecule has 0 saturated carbocycles. The SMILES string of the molecule is CC1(C)OB(c2cnn(N=O)c2)OC1(C)C. The molecule has 7 heteroatoms. The maximum absolute atomic E-state index is 10.3. The standard InChI is InChI=1S/C9H14BN3O3/c1-8(2)9(3,4)16-10(15-8)7-5-11-13(6-7)12-14/h5-6H,1-4H3. The lowest BCUT2D eigenvalue weighted by Crippen LogP contribution is -2.41. The lowest BCUT2D eigenvalue weighted by molar-refractivity contribution is 0.00578. The number of hydrogen-bond donors (Lipinski definition) is 0. The Morgan fingerprint density at radius 2 is 1.88 bits per heavy atom. The first-order valence-electron chi connectivity index (χ1n) is 5.09. The summed E-state index contributed by atoms with van der Waals surface area (Å²) in [5, 5.41) is 6.43. The molecule has 1 saturated heterocycles. The normalized spacial score (nSPS) is 22.4. The molecule has 0 amide bonds. The summed E-state index contributed by atoms with van der Waals surface area (Å²) in [5.41, 5.74) is -0.0961. The molecule has 0 radical (unpaired) electrons. The van der Waals surface area contributed by atoms with Gasteiger partial charge in [0.25, 0.3) is 0 Å². The first kappa shape index (κ1) is 11.3. The van der Waals surface area contributed by atoms with Crippen molar-refractivity contribution in [1.82, 2.24) is 9.89 Å². The molecule has 6 nitrogen and oxygen atoms in total. The van der Waals surface area contributed by atoms with Crippen LogP contribution in [0.15, 0.2) is 17.7 Å². The molecule has 1 aromatic heterocycles. The predicted molar refractivity (Wildman–Crippen MR) is 59.1 cm³/mol. The predicted octanol–water partition coefficient (Wildman–Crippen LogP) is 0.712. The summed E-state index contributed by atoms with van der Waals surface area (Å²) in [6.07, 6.45) is 3.01. The number of nitroso groups, excluding NO2 is 1. The fourth-order valence-corrected chi connectivity index (χ4v) is 1.47. The Kier molecular flexibility index (Phi) is 2.39. The van der Waals surface area contributed by atoms with Gasteiger partial charge in [-0.05, 0) is 27.7 Å². The monoisotopic (exact) mass is 223 g/mol. The molecule has 0 aliphatic carbocycles. The van der Waals surface area contributed by atoms with E-state index in [1.54, 1.807) is 0 Å². The van der Waals surface area contributed by atoms with Crippen LogP contribution < -0.4 is 5.46 Å². The van der Waals surface area contributed by atoms with Gasteiger partial charge in [-0.1, -0.05) is 0 Å². The van der Waals surface area contributed by atoms with Crippen LogP contribution in [0.4, 0.5) is 0 Å². The van der Waals surface area contributed by atoms with E-state index >= 15 is 0 Å². The lowest BCUT2D eigenvalue weighted by atomic mass is 9.82. The van der Waals surface area contributed by atoms with Crippen LogP contribution in [-0.4, -0.2) is 28.2 Å². The molecule has 0 spiro atoms. The van der Waals surface area contributed by atoms with Gasteiger partial charge in [-0.2, -0.15) is 5.10 Å². The van der Waals surface area contributed by atoms with Crippen LogP contribution in [-0.2, 0) is 9.31 Å². The van der Waals surface area contributed by atoms with Crippen LogP contribution in [0.25, 0.3) is 0 Å². The minimum Gasteiger partial charge on any atom is -0.399 e.